The summed E-state index contributed by atoms with van der Waals surface area (Å²) < 4.78 is 0. The number of anilines is 2. The molecule has 0 amide bonds. The molecule has 0 bridgehead atoms. The molecule has 3 heteroatoms. The van der Waals surface area contributed by atoms with Gasteiger partial charge in [-0.05, 0) is 49.6 Å². The molecule has 0 spiro atoms. The first-order chi connectivity index (χ1) is 10.5. The summed E-state index contributed by atoms with van der Waals surface area (Å²) in [5.41, 5.74) is 5.04. The highest BCUT2D eigenvalue weighted by molar-refractivity contribution is 5.84. The van der Waals surface area contributed by atoms with Crippen molar-refractivity contribution in [1.29, 1.82) is 0 Å². The van der Waals surface area contributed by atoms with Crippen molar-refractivity contribution in [2.45, 2.75) is 20.8 Å². The molecule has 0 fully saturated rings. The lowest BCUT2D eigenvalue weighted by molar-refractivity contribution is 1.32. The van der Waals surface area contributed by atoms with E-state index in [4.69, 9.17) is 0 Å². The zero-order chi connectivity index (χ0) is 15.9. The second-order valence-electron chi connectivity index (χ2n) is 5.70. The maximum atomic E-state index is 11.9. The van der Waals surface area contributed by atoms with Gasteiger partial charge in [0.2, 0.25) is 5.43 Å². The maximum absolute atomic E-state index is 11.9. The van der Waals surface area contributed by atoms with Crippen molar-refractivity contribution in [3.63, 3.8) is 0 Å². The first kappa shape index (κ1) is 14.3. The lowest BCUT2D eigenvalue weighted by atomic mass is 9.97. The van der Waals surface area contributed by atoms with Crippen LogP contribution in [0.5, 0.6) is 0 Å². The minimum absolute atomic E-state index is 0.386. The Labute approximate surface area is 128 Å². The van der Waals surface area contributed by atoms with Crippen LogP contribution in [0.1, 0.15) is 16.7 Å². The molecule has 0 radical (unpaired) electrons. The van der Waals surface area contributed by atoms with Gasteiger partial charge in [-0.2, -0.15) is 0 Å². The number of rotatable bonds is 3. The Morgan fingerprint density at radius 3 is 2.09 bits per heavy atom. The highest BCUT2D eigenvalue weighted by Crippen LogP contribution is 2.27. The fraction of sp³-hybridized carbons (Fsp3) is 0.158. The normalized spacial score (nSPS) is 10.9. The first-order valence-electron chi connectivity index (χ1n) is 7.22. The van der Waals surface area contributed by atoms with Gasteiger partial charge < -0.3 is 5.32 Å². The average Bonchev–Trinajstić information content (AvgIpc) is 2.51. The van der Waals surface area contributed by atoms with E-state index in [1.54, 1.807) is 0 Å². The summed E-state index contributed by atoms with van der Waals surface area (Å²) in [6.45, 7) is 6.04. The van der Waals surface area contributed by atoms with Crippen molar-refractivity contribution < 1.29 is 0 Å². The van der Waals surface area contributed by atoms with Gasteiger partial charge in [-0.15, -0.1) is 0 Å². The number of aryl methyl sites for hydroxylation is 3. The lowest BCUT2D eigenvalue weighted by Crippen LogP contribution is -2.35. The monoisotopic (exact) mass is 291 g/mol. The molecule has 3 rings (SSSR count). The molecule has 0 saturated carbocycles. The second-order valence-corrected chi connectivity index (χ2v) is 5.70. The van der Waals surface area contributed by atoms with E-state index in [1.165, 1.54) is 5.56 Å². The maximum Gasteiger partial charge on any atom is 0.250 e. The van der Waals surface area contributed by atoms with E-state index in [2.05, 4.69) is 5.32 Å². The molecule has 3 nitrogen and oxygen atoms in total. The van der Waals surface area contributed by atoms with Crippen LogP contribution in [0, 0.1) is 20.8 Å². The van der Waals surface area contributed by atoms with Gasteiger partial charge in [0.25, 0.3) is 5.43 Å². The summed E-state index contributed by atoms with van der Waals surface area (Å²) in [5, 5.41) is 3.10. The second kappa shape index (κ2) is 5.26. The van der Waals surface area contributed by atoms with Gasteiger partial charge in [-0.25, -0.2) is 0 Å². The molecule has 0 aromatic heterocycles. The minimum atomic E-state index is -0.450. The van der Waals surface area contributed by atoms with Crippen LogP contribution in [-0.2, 0) is 0 Å². The molecule has 0 aliphatic carbocycles. The summed E-state index contributed by atoms with van der Waals surface area (Å²) >= 11 is 0. The Morgan fingerprint density at radius 2 is 1.45 bits per heavy atom. The molecule has 3 aromatic carbocycles. The fourth-order valence-electron chi connectivity index (χ4n) is 2.47. The van der Waals surface area contributed by atoms with E-state index >= 15 is 0 Å². The van der Waals surface area contributed by atoms with Gasteiger partial charge in [0, 0.05) is 5.69 Å². The van der Waals surface area contributed by atoms with E-state index in [9.17, 15) is 9.59 Å². The molecule has 22 heavy (non-hydrogen) atoms. The molecule has 0 aliphatic rings. The van der Waals surface area contributed by atoms with E-state index in [0.29, 0.717) is 11.3 Å². The van der Waals surface area contributed by atoms with E-state index in [0.717, 1.165) is 22.4 Å². The van der Waals surface area contributed by atoms with Crippen LogP contribution in [-0.4, -0.2) is 0 Å². The third-order valence-electron chi connectivity index (χ3n) is 4.03. The summed E-state index contributed by atoms with van der Waals surface area (Å²) in [6.07, 6.45) is 0. The van der Waals surface area contributed by atoms with Crippen LogP contribution in [0.25, 0.3) is 11.1 Å². The molecule has 3 aromatic rings. The minimum Gasteiger partial charge on any atom is -0.352 e. The predicted molar refractivity (Wildman–Crippen MR) is 90.7 cm³/mol. The molecule has 0 unspecified atom stereocenters. The van der Waals surface area contributed by atoms with E-state index in [1.807, 2.05) is 63.2 Å². The molecule has 1 N–H and O–H groups in total. The van der Waals surface area contributed by atoms with Crippen LogP contribution in [0.2, 0.25) is 0 Å². The molecule has 0 aliphatic heterocycles. The quantitative estimate of drug-likeness (QED) is 0.750. The van der Waals surface area contributed by atoms with Gasteiger partial charge >= 0.3 is 0 Å². The van der Waals surface area contributed by atoms with Gasteiger partial charge in [-0.1, -0.05) is 35.9 Å². The SMILES string of the molecule is Cc1ccc(-c2c(Nc3ccc(C)c(C)c3)c(=O)c2=O)cc1. The largest absolute Gasteiger partial charge is 0.352 e. The Balaban J connectivity index is 2.00. The van der Waals surface area contributed by atoms with Crippen molar-refractivity contribution >= 4 is 11.4 Å². The summed E-state index contributed by atoms with van der Waals surface area (Å²) in [4.78, 5) is 23.8. The van der Waals surface area contributed by atoms with Crippen molar-refractivity contribution in [3.8, 4) is 11.1 Å². The van der Waals surface area contributed by atoms with Crippen LogP contribution < -0.4 is 16.2 Å². The number of hydrogen-bond acceptors (Lipinski definition) is 3. The van der Waals surface area contributed by atoms with Crippen LogP contribution in [0.4, 0.5) is 11.4 Å². The molecule has 110 valence electrons. The zero-order valence-corrected chi connectivity index (χ0v) is 12.9. The Morgan fingerprint density at radius 1 is 0.773 bits per heavy atom. The van der Waals surface area contributed by atoms with Gasteiger partial charge in [0.1, 0.15) is 5.69 Å². The fourth-order valence-corrected chi connectivity index (χ4v) is 2.47. The average molecular weight is 291 g/mol. The standard InChI is InChI=1S/C19H17NO2/c1-11-4-7-14(8-5-11)16-17(19(22)18(16)21)20-15-9-6-12(2)13(3)10-15/h4-10,20H,1-3H3. The Kier molecular flexibility index (Phi) is 3.41. The molecular weight excluding hydrogens is 274 g/mol. The molecule has 0 atom stereocenters. The van der Waals surface area contributed by atoms with Crippen LogP contribution in [0.3, 0.4) is 0 Å². The lowest BCUT2D eigenvalue weighted by Gasteiger charge is -2.14. The summed E-state index contributed by atoms with van der Waals surface area (Å²) in [7, 11) is 0. The third-order valence-corrected chi connectivity index (χ3v) is 4.03. The van der Waals surface area contributed by atoms with Gasteiger partial charge in [-0.3, -0.25) is 9.59 Å². The van der Waals surface area contributed by atoms with E-state index < -0.39 is 10.9 Å². The van der Waals surface area contributed by atoms with Crippen molar-refractivity contribution in [2.75, 3.05) is 5.32 Å². The van der Waals surface area contributed by atoms with Gasteiger partial charge in [0.15, 0.2) is 0 Å². The third kappa shape index (κ3) is 2.35. The number of hydrogen-bond donors (Lipinski definition) is 1. The van der Waals surface area contributed by atoms with Crippen molar-refractivity contribution in [2.24, 2.45) is 0 Å². The summed E-state index contributed by atoms with van der Waals surface area (Å²) in [5.74, 6) is 0. The highest BCUT2D eigenvalue weighted by atomic mass is 16.2. The number of benzene rings is 2. The van der Waals surface area contributed by atoms with Crippen LogP contribution in [0.15, 0.2) is 52.1 Å². The molecule has 0 saturated heterocycles. The van der Waals surface area contributed by atoms with Gasteiger partial charge in [0.05, 0.1) is 5.56 Å². The Hall–Kier alpha value is -2.68. The first-order valence-corrected chi connectivity index (χ1v) is 7.22. The van der Waals surface area contributed by atoms with Crippen molar-refractivity contribution in [3.05, 3.63) is 79.6 Å². The highest BCUT2D eigenvalue weighted by Gasteiger charge is 2.22. The smallest absolute Gasteiger partial charge is 0.250 e. The van der Waals surface area contributed by atoms with Crippen LogP contribution >= 0.6 is 0 Å². The summed E-state index contributed by atoms with van der Waals surface area (Å²) in [6, 6.07) is 13.5. The molecule has 0 heterocycles. The van der Waals surface area contributed by atoms with E-state index in [-0.39, 0.29) is 0 Å². The van der Waals surface area contributed by atoms with Crippen molar-refractivity contribution in [1.82, 2.24) is 0 Å². The molecular formula is C19H17NO2. The predicted octanol–water partition coefficient (Wildman–Crippen LogP) is 3.62. The Bertz CT molecular complexity index is 914. The number of nitrogens with one attached hydrogen (secondary N) is 1. The zero-order valence-electron chi connectivity index (χ0n) is 12.9. The topological polar surface area (TPSA) is 46.2 Å².